The molecule has 3 aliphatic rings. The van der Waals surface area contributed by atoms with Gasteiger partial charge in [-0.25, -0.2) is 0 Å². The van der Waals surface area contributed by atoms with Crippen molar-refractivity contribution in [1.29, 1.82) is 0 Å². The number of hydrogen-bond acceptors (Lipinski definition) is 5. The zero-order chi connectivity index (χ0) is 23.8. The molecular formula is C29H31N3O3. The molecule has 2 fully saturated rings. The van der Waals surface area contributed by atoms with Gasteiger partial charge in [-0.2, -0.15) is 0 Å². The molecule has 3 heterocycles. The number of furan rings is 1. The Balaban J connectivity index is 1.27. The van der Waals surface area contributed by atoms with Gasteiger partial charge in [0.1, 0.15) is 5.76 Å². The van der Waals surface area contributed by atoms with Crippen LogP contribution < -0.4 is 0 Å². The van der Waals surface area contributed by atoms with Gasteiger partial charge in [-0.15, -0.1) is 0 Å². The van der Waals surface area contributed by atoms with Gasteiger partial charge in [0.05, 0.1) is 0 Å². The number of ketones is 1. The van der Waals surface area contributed by atoms with Gasteiger partial charge in [0.2, 0.25) is 0 Å². The van der Waals surface area contributed by atoms with Crippen molar-refractivity contribution in [3.05, 3.63) is 65.7 Å². The van der Waals surface area contributed by atoms with Crippen molar-refractivity contribution in [3.8, 4) is 22.5 Å². The molecule has 1 amide bonds. The van der Waals surface area contributed by atoms with Crippen LogP contribution in [0.5, 0.6) is 0 Å². The highest BCUT2D eigenvalue weighted by Gasteiger charge is 2.30. The quantitative estimate of drug-likeness (QED) is 0.524. The molecular weight excluding hydrogens is 438 g/mol. The molecule has 1 aliphatic heterocycles. The fraction of sp³-hybridized carbons (Fsp3) is 0.414. The number of piperazine rings is 1. The van der Waals surface area contributed by atoms with Crippen LogP contribution in [-0.2, 0) is 6.42 Å². The van der Waals surface area contributed by atoms with Gasteiger partial charge in [0.25, 0.3) is 5.91 Å². The molecule has 0 unspecified atom stereocenters. The van der Waals surface area contributed by atoms with Crippen LogP contribution in [0.25, 0.3) is 22.5 Å². The number of rotatable bonds is 4. The molecule has 6 heteroatoms. The zero-order valence-electron chi connectivity index (χ0n) is 20.0. The molecule has 6 rings (SSSR count). The van der Waals surface area contributed by atoms with Crippen molar-refractivity contribution in [2.45, 2.75) is 51.0 Å². The molecule has 2 aromatic heterocycles. The van der Waals surface area contributed by atoms with Crippen LogP contribution in [0.15, 0.2) is 53.2 Å². The molecule has 1 saturated heterocycles. The standard InChI is InChI=1S/C29H31N3O3/c33-26-9-7-21-18-22(6-8-24(21)26)25-19-27(35-28(25)20-10-12-30-13-11-20)29(34)32-16-14-31(15-17-32)23-4-2-1-3-5-23/h6,8,10-13,18-19,23H,1-5,7,9,14-17H2. The molecule has 0 spiro atoms. The molecule has 6 nitrogen and oxygen atoms in total. The minimum absolute atomic E-state index is 0.0498. The molecule has 0 radical (unpaired) electrons. The summed E-state index contributed by atoms with van der Waals surface area (Å²) in [7, 11) is 0. The van der Waals surface area contributed by atoms with Crippen LogP contribution >= 0.6 is 0 Å². The van der Waals surface area contributed by atoms with E-state index in [4.69, 9.17) is 4.42 Å². The minimum Gasteiger partial charge on any atom is -0.450 e. The summed E-state index contributed by atoms with van der Waals surface area (Å²) in [6, 6.07) is 12.3. The Morgan fingerprint density at radius 2 is 1.63 bits per heavy atom. The lowest BCUT2D eigenvalue weighted by molar-refractivity contribution is 0.0498. The summed E-state index contributed by atoms with van der Waals surface area (Å²) < 4.78 is 6.25. The predicted molar refractivity (Wildman–Crippen MR) is 134 cm³/mol. The summed E-state index contributed by atoms with van der Waals surface area (Å²) in [5.74, 6) is 1.19. The number of hydrogen-bond donors (Lipinski definition) is 0. The molecule has 35 heavy (non-hydrogen) atoms. The van der Waals surface area contributed by atoms with Gasteiger partial charge in [0.15, 0.2) is 11.5 Å². The Labute approximate surface area is 205 Å². The maximum atomic E-state index is 13.5. The van der Waals surface area contributed by atoms with E-state index in [0.717, 1.165) is 60.4 Å². The zero-order valence-corrected chi connectivity index (χ0v) is 20.0. The van der Waals surface area contributed by atoms with E-state index in [2.05, 4.69) is 16.0 Å². The average molecular weight is 470 g/mol. The second-order valence-electron chi connectivity index (χ2n) is 10.0. The Bertz CT molecular complexity index is 1240. The summed E-state index contributed by atoms with van der Waals surface area (Å²) in [5.41, 5.74) is 4.61. The lowest BCUT2D eigenvalue weighted by Gasteiger charge is -2.40. The van der Waals surface area contributed by atoms with E-state index in [0.29, 0.717) is 24.0 Å². The third-order valence-electron chi connectivity index (χ3n) is 7.92. The maximum Gasteiger partial charge on any atom is 0.289 e. The number of aryl methyl sites for hydroxylation is 1. The van der Waals surface area contributed by atoms with Crippen LogP contribution in [0.3, 0.4) is 0 Å². The van der Waals surface area contributed by atoms with E-state index < -0.39 is 0 Å². The topological polar surface area (TPSA) is 66.7 Å². The number of aromatic nitrogens is 1. The predicted octanol–water partition coefficient (Wildman–Crippen LogP) is 5.23. The van der Waals surface area contributed by atoms with Gasteiger partial charge in [-0.3, -0.25) is 19.5 Å². The highest BCUT2D eigenvalue weighted by Crippen LogP contribution is 2.37. The van der Waals surface area contributed by atoms with Crippen LogP contribution in [0.1, 0.15) is 65.0 Å². The molecule has 0 N–H and O–H groups in total. The second kappa shape index (κ2) is 9.42. The van der Waals surface area contributed by atoms with Gasteiger partial charge in [-0.1, -0.05) is 37.5 Å². The third kappa shape index (κ3) is 4.31. The average Bonchev–Trinajstić information content (AvgIpc) is 3.53. The first-order chi connectivity index (χ1) is 17.2. The van der Waals surface area contributed by atoms with Crippen molar-refractivity contribution in [3.63, 3.8) is 0 Å². The summed E-state index contributed by atoms with van der Waals surface area (Å²) in [6.45, 7) is 3.33. The number of Topliss-reactive ketones (excluding diaryl/α,β-unsaturated/α-hetero) is 1. The van der Waals surface area contributed by atoms with E-state index in [9.17, 15) is 9.59 Å². The van der Waals surface area contributed by atoms with E-state index in [-0.39, 0.29) is 11.7 Å². The number of carbonyl (C=O) groups excluding carboxylic acids is 2. The first kappa shape index (κ1) is 22.2. The summed E-state index contributed by atoms with van der Waals surface area (Å²) in [6.07, 6.45) is 11.4. The van der Waals surface area contributed by atoms with Crippen LogP contribution in [0.4, 0.5) is 0 Å². The molecule has 180 valence electrons. The lowest BCUT2D eigenvalue weighted by atomic mass is 9.94. The van der Waals surface area contributed by atoms with Crippen molar-refractivity contribution >= 4 is 11.7 Å². The molecule has 0 bridgehead atoms. The van der Waals surface area contributed by atoms with Crippen molar-refractivity contribution < 1.29 is 14.0 Å². The van der Waals surface area contributed by atoms with Crippen LogP contribution in [-0.4, -0.2) is 58.7 Å². The number of carbonyl (C=O) groups is 2. The van der Waals surface area contributed by atoms with E-state index >= 15 is 0 Å². The summed E-state index contributed by atoms with van der Waals surface area (Å²) in [5, 5.41) is 0. The monoisotopic (exact) mass is 469 g/mol. The number of pyridine rings is 1. The van der Waals surface area contributed by atoms with E-state index in [1.807, 2.05) is 35.2 Å². The fourth-order valence-corrected chi connectivity index (χ4v) is 5.94. The highest BCUT2D eigenvalue weighted by molar-refractivity contribution is 6.01. The molecule has 3 aromatic rings. The molecule has 1 aromatic carbocycles. The number of benzene rings is 1. The smallest absolute Gasteiger partial charge is 0.289 e. The van der Waals surface area contributed by atoms with Gasteiger partial charge < -0.3 is 9.32 Å². The van der Waals surface area contributed by atoms with E-state index in [1.165, 1.54) is 32.1 Å². The molecule has 1 saturated carbocycles. The number of fused-ring (bicyclic) bond motifs is 1. The van der Waals surface area contributed by atoms with Crippen molar-refractivity contribution in [2.24, 2.45) is 0 Å². The molecule has 0 atom stereocenters. The molecule has 2 aliphatic carbocycles. The van der Waals surface area contributed by atoms with Crippen LogP contribution in [0, 0.1) is 0 Å². The minimum atomic E-state index is -0.0498. The van der Waals surface area contributed by atoms with Crippen molar-refractivity contribution in [1.82, 2.24) is 14.8 Å². The Kier molecular flexibility index (Phi) is 5.98. The van der Waals surface area contributed by atoms with Crippen LogP contribution in [0.2, 0.25) is 0 Å². The number of nitrogens with zero attached hydrogens (tertiary/aromatic N) is 3. The highest BCUT2D eigenvalue weighted by atomic mass is 16.4. The van der Waals surface area contributed by atoms with Gasteiger partial charge >= 0.3 is 0 Å². The Hall–Kier alpha value is -3.25. The van der Waals surface area contributed by atoms with Gasteiger partial charge in [0, 0.05) is 67.7 Å². The largest absolute Gasteiger partial charge is 0.450 e. The van der Waals surface area contributed by atoms with Gasteiger partial charge in [-0.05, 0) is 48.6 Å². The third-order valence-corrected chi connectivity index (χ3v) is 7.92. The summed E-state index contributed by atoms with van der Waals surface area (Å²) >= 11 is 0. The first-order valence-electron chi connectivity index (χ1n) is 12.9. The lowest BCUT2D eigenvalue weighted by Crippen LogP contribution is -2.52. The Morgan fingerprint density at radius 1 is 0.857 bits per heavy atom. The number of amides is 1. The second-order valence-corrected chi connectivity index (χ2v) is 10.0. The SMILES string of the molecule is O=C1CCc2cc(-c3cc(C(=O)N4CCN(C5CCCCC5)CC4)oc3-c3ccncc3)ccc21. The fourth-order valence-electron chi connectivity index (χ4n) is 5.94. The van der Waals surface area contributed by atoms with E-state index in [1.54, 1.807) is 12.4 Å². The van der Waals surface area contributed by atoms with Crippen molar-refractivity contribution in [2.75, 3.05) is 26.2 Å². The summed E-state index contributed by atoms with van der Waals surface area (Å²) in [4.78, 5) is 34.2. The first-order valence-corrected chi connectivity index (χ1v) is 12.9. The Morgan fingerprint density at radius 3 is 2.40 bits per heavy atom. The normalized spacial score (nSPS) is 19.2. The maximum absolute atomic E-state index is 13.5.